The topological polar surface area (TPSA) is 140 Å². The van der Waals surface area contributed by atoms with Gasteiger partial charge in [-0.1, -0.05) is 34.6 Å². The van der Waals surface area contributed by atoms with Crippen LogP contribution in [0, 0.1) is 63.0 Å². The summed E-state index contributed by atoms with van der Waals surface area (Å²) in [6.07, 6.45) is 7.04. The van der Waals surface area contributed by atoms with Crippen molar-refractivity contribution in [2.75, 3.05) is 13.1 Å². The molecule has 5 saturated carbocycles. The summed E-state index contributed by atoms with van der Waals surface area (Å²) in [6, 6.07) is 0. The summed E-state index contributed by atoms with van der Waals surface area (Å²) in [5, 5.41) is 26.1. The first-order chi connectivity index (χ1) is 20.4. The molecule has 6 aliphatic rings. The molecule has 44 heavy (non-hydrogen) atoms. The van der Waals surface area contributed by atoms with E-state index in [2.05, 4.69) is 39.9 Å². The van der Waals surface area contributed by atoms with Crippen molar-refractivity contribution in [3.63, 3.8) is 0 Å². The van der Waals surface area contributed by atoms with Crippen molar-refractivity contribution in [2.24, 2.45) is 56.5 Å². The van der Waals surface area contributed by atoms with Crippen LogP contribution in [0.4, 0.5) is 4.79 Å². The van der Waals surface area contributed by atoms with E-state index < -0.39 is 23.8 Å². The summed E-state index contributed by atoms with van der Waals surface area (Å²) in [5.41, 5.74) is 3.99. The van der Waals surface area contributed by atoms with E-state index in [1.54, 1.807) is 13.8 Å². The Bertz CT molecular complexity index is 1170. The highest BCUT2D eigenvalue weighted by Crippen LogP contribution is 2.89. The summed E-state index contributed by atoms with van der Waals surface area (Å²) in [6.45, 7) is 16.9. The van der Waals surface area contributed by atoms with E-state index in [9.17, 15) is 19.8 Å². The summed E-state index contributed by atoms with van der Waals surface area (Å²) < 4.78 is 18.3. The molecule has 0 bridgehead atoms. The minimum absolute atomic E-state index is 0.0865. The highest BCUT2D eigenvalue weighted by Gasteiger charge is 2.85. The number of aliphatic hydroxyl groups is 2. The Morgan fingerprint density at radius 3 is 2.39 bits per heavy atom. The molecule has 5 N–H and O–H groups in total. The standard InChI is InChI=1S/C35H56N2O7/c1-19-17-21(28(31(5,6)41)42-20(2)38)43-26-25(19)32(7)13-14-35-18-34(35)12-11-24(44-29(40)37-16-15-36)30(3,4)22(34)9-10-23(35)33(32,8)27(26)39/h19,22-25,27-28,39,41H,9-18,36H2,1-8H3,(H,37,40)/t19-,22+,23+,24?,25?,27+,28+,32-,33-,34-,35?/m1/s1. The van der Waals surface area contributed by atoms with Crippen molar-refractivity contribution >= 4 is 12.1 Å². The van der Waals surface area contributed by atoms with Crippen LogP contribution in [0.5, 0.6) is 0 Å². The van der Waals surface area contributed by atoms with E-state index in [0.717, 1.165) is 38.5 Å². The third kappa shape index (κ3) is 4.23. The number of aliphatic hydroxyl groups excluding tert-OH is 1. The van der Waals surface area contributed by atoms with Crippen molar-refractivity contribution in [1.82, 2.24) is 5.32 Å². The van der Waals surface area contributed by atoms with Crippen molar-refractivity contribution in [2.45, 2.75) is 131 Å². The van der Waals surface area contributed by atoms with Gasteiger partial charge < -0.3 is 35.5 Å². The Kier molecular flexibility index (Phi) is 7.60. The van der Waals surface area contributed by atoms with E-state index in [1.165, 1.54) is 13.3 Å². The van der Waals surface area contributed by atoms with Crippen molar-refractivity contribution in [3.8, 4) is 0 Å². The second-order valence-electron chi connectivity index (χ2n) is 17.0. The third-order valence-electron chi connectivity index (χ3n) is 14.3. The lowest BCUT2D eigenvalue weighted by molar-refractivity contribution is -0.181. The average Bonchev–Trinajstić information content (AvgIpc) is 3.56. The van der Waals surface area contributed by atoms with Crippen LogP contribution in [0.15, 0.2) is 0 Å². The highest BCUT2D eigenvalue weighted by atomic mass is 16.6. The number of carbonyl (C=O) groups is 2. The first kappa shape index (κ1) is 32.5. The zero-order valence-electron chi connectivity index (χ0n) is 28.1. The molecule has 0 aromatic heterocycles. The smallest absolute Gasteiger partial charge is 0.407 e. The lowest BCUT2D eigenvalue weighted by atomic mass is 9.41. The molecule has 1 amide bonds. The van der Waals surface area contributed by atoms with Gasteiger partial charge in [-0.05, 0) is 99.2 Å². The van der Waals surface area contributed by atoms with E-state index in [0.29, 0.717) is 43.6 Å². The van der Waals surface area contributed by atoms with Crippen LogP contribution in [0.3, 0.4) is 0 Å². The van der Waals surface area contributed by atoms with Crippen molar-refractivity contribution in [1.29, 1.82) is 0 Å². The molecule has 9 heteroatoms. The van der Waals surface area contributed by atoms with Gasteiger partial charge in [-0.25, -0.2) is 4.79 Å². The predicted molar refractivity (Wildman–Crippen MR) is 164 cm³/mol. The molecular formula is C35H56N2O7. The number of amides is 1. The number of ether oxygens (including phenoxy) is 3. The number of alkyl carbamates (subject to hydrolysis) is 1. The maximum Gasteiger partial charge on any atom is 0.407 e. The molecule has 6 fully saturated rings. The van der Waals surface area contributed by atoms with Crippen LogP contribution in [0.1, 0.15) is 107 Å². The fraction of sp³-hybridized carbons (Fsp3) is 0.886. The van der Waals surface area contributed by atoms with Crippen molar-refractivity contribution in [3.05, 3.63) is 12.2 Å². The Hall–Kier alpha value is -1.42. The molecule has 2 radical (unpaired) electrons. The Morgan fingerprint density at radius 2 is 1.75 bits per heavy atom. The zero-order valence-corrected chi connectivity index (χ0v) is 28.1. The van der Waals surface area contributed by atoms with Gasteiger partial charge in [-0.15, -0.1) is 0 Å². The van der Waals surface area contributed by atoms with E-state index in [-0.39, 0.29) is 51.1 Å². The van der Waals surface area contributed by atoms with Crippen LogP contribution >= 0.6 is 0 Å². The van der Waals surface area contributed by atoms with Gasteiger partial charge in [0.1, 0.15) is 18.3 Å². The molecule has 1 saturated heterocycles. The number of nitrogens with one attached hydrogen (secondary N) is 1. The highest BCUT2D eigenvalue weighted by molar-refractivity contribution is 5.67. The largest absolute Gasteiger partial charge is 0.456 e. The number of rotatable bonds is 6. The van der Waals surface area contributed by atoms with Gasteiger partial charge in [0.15, 0.2) is 6.10 Å². The molecule has 11 atom stereocenters. The second kappa shape index (κ2) is 10.3. The lowest BCUT2D eigenvalue weighted by Crippen LogP contribution is -2.60. The molecule has 1 aliphatic heterocycles. The van der Waals surface area contributed by atoms with E-state index in [4.69, 9.17) is 19.9 Å². The lowest BCUT2D eigenvalue weighted by Gasteiger charge is -2.63. The first-order valence-corrected chi connectivity index (χ1v) is 17.0. The number of carbonyl (C=O) groups excluding carboxylic acids is 2. The zero-order chi connectivity index (χ0) is 32.3. The Morgan fingerprint density at radius 1 is 1.09 bits per heavy atom. The Balaban J connectivity index is 1.27. The van der Waals surface area contributed by atoms with Crippen LogP contribution in [0.2, 0.25) is 0 Å². The quantitative estimate of drug-likeness (QED) is 0.310. The van der Waals surface area contributed by atoms with E-state index in [1.807, 2.05) is 0 Å². The molecule has 9 nitrogen and oxygen atoms in total. The molecule has 6 rings (SSSR count). The number of hydrogen-bond donors (Lipinski definition) is 4. The second-order valence-corrected chi connectivity index (χ2v) is 17.0. The number of fused-ring (bicyclic) bond motifs is 4. The molecule has 2 spiro atoms. The molecular weight excluding hydrogens is 560 g/mol. The van der Waals surface area contributed by atoms with Gasteiger partial charge in [-0.3, -0.25) is 4.79 Å². The van der Waals surface area contributed by atoms with E-state index >= 15 is 0 Å². The molecule has 0 aromatic rings. The fourth-order valence-corrected chi connectivity index (χ4v) is 12.4. The summed E-state index contributed by atoms with van der Waals surface area (Å²) in [5.74, 6) is 0.608. The average molecular weight is 617 g/mol. The molecule has 3 unspecified atom stereocenters. The van der Waals surface area contributed by atoms with Gasteiger partial charge in [0.2, 0.25) is 0 Å². The SMILES string of the molecule is CC(=O)O[C@@H]([C]1C[C@@H](C)C2[C](O1)[C@H](O)[C@@]1(C)[C@@H]3CC[C@H]4C(C)(C)C(OC(=O)NCCN)CC[C@@]45CC35CC[C@]21C)C(C)(C)O. The van der Waals surface area contributed by atoms with Crippen LogP contribution in [-0.4, -0.2) is 59.3 Å². The third-order valence-corrected chi connectivity index (χ3v) is 14.3. The van der Waals surface area contributed by atoms with Gasteiger partial charge >= 0.3 is 12.1 Å². The summed E-state index contributed by atoms with van der Waals surface area (Å²) in [4.78, 5) is 24.5. The van der Waals surface area contributed by atoms with Gasteiger partial charge in [-0.2, -0.15) is 0 Å². The fourth-order valence-electron chi connectivity index (χ4n) is 12.4. The number of hydrogen-bond acceptors (Lipinski definition) is 8. The monoisotopic (exact) mass is 616 g/mol. The van der Waals surface area contributed by atoms with Crippen LogP contribution in [0.25, 0.3) is 0 Å². The van der Waals surface area contributed by atoms with Crippen LogP contribution < -0.4 is 11.1 Å². The molecule has 5 aliphatic carbocycles. The van der Waals surface area contributed by atoms with Crippen LogP contribution in [-0.2, 0) is 19.0 Å². The van der Waals surface area contributed by atoms with Gasteiger partial charge in [0, 0.05) is 36.8 Å². The van der Waals surface area contributed by atoms with Gasteiger partial charge in [0.05, 0.1) is 11.7 Å². The van der Waals surface area contributed by atoms with Crippen molar-refractivity contribution < 1.29 is 34.0 Å². The predicted octanol–water partition coefficient (Wildman–Crippen LogP) is 4.88. The summed E-state index contributed by atoms with van der Waals surface area (Å²) >= 11 is 0. The maximum absolute atomic E-state index is 12.5. The minimum Gasteiger partial charge on any atom is -0.456 e. The molecule has 248 valence electrons. The number of esters is 1. The number of nitrogens with two attached hydrogens (primary N) is 1. The van der Waals surface area contributed by atoms with Gasteiger partial charge in [0.25, 0.3) is 0 Å². The molecule has 0 aromatic carbocycles. The summed E-state index contributed by atoms with van der Waals surface area (Å²) in [7, 11) is 0. The first-order valence-electron chi connectivity index (χ1n) is 17.0. The normalized spacial score (nSPS) is 46.8. The Labute approximate surface area is 263 Å². The minimum atomic E-state index is -1.32. The maximum atomic E-state index is 12.5. The molecule has 1 heterocycles.